The van der Waals surface area contributed by atoms with Crippen LogP contribution in [0.2, 0.25) is 0 Å². The Morgan fingerprint density at radius 3 is 2.40 bits per heavy atom. The molecule has 0 bridgehead atoms. The highest BCUT2D eigenvalue weighted by Gasteiger charge is 2.35. The van der Waals surface area contributed by atoms with Gasteiger partial charge in [-0.15, -0.1) is 0 Å². The normalized spacial score (nSPS) is 29.0. The average Bonchev–Trinajstić information content (AvgIpc) is 3.15. The summed E-state index contributed by atoms with van der Waals surface area (Å²) in [4.78, 5) is 28.4. The number of aliphatic carboxylic acids is 1. The zero-order valence-electron chi connectivity index (χ0n) is 15.2. The van der Waals surface area contributed by atoms with Crippen molar-refractivity contribution in [1.82, 2.24) is 9.80 Å². The zero-order chi connectivity index (χ0) is 17.6. The van der Waals surface area contributed by atoms with Gasteiger partial charge in [0.15, 0.2) is 0 Å². The molecule has 0 aromatic heterocycles. The van der Waals surface area contributed by atoms with Crippen molar-refractivity contribution in [2.75, 3.05) is 45.9 Å². The van der Waals surface area contributed by atoms with Crippen LogP contribution in [0.5, 0.6) is 0 Å². The molecule has 25 heavy (non-hydrogen) atoms. The van der Waals surface area contributed by atoms with E-state index in [1.165, 1.54) is 12.8 Å². The van der Waals surface area contributed by atoms with Gasteiger partial charge in [-0.05, 0) is 44.1 Å². The Bertz CT molecular complexity index is 458. The maximum Gasteiger partial charge on any atom is 0.303 e. The Hall–Kier alpha value is -1.14. The van der Waals surface area contributed by atoms with Crippen LogP contribution in [0.25, 0.3) is 0 Å². The van der Waals surface area contributed by atoms with E-state index in [1.54, 1.807) is 0 Å². The quantitative estimate of drug-likeness (QED) is 0.790. The molecule has 0 radical (unpaired) electrons. The topological polar surface area (TPSA) is 70.1 Å². The standard InChI is InChI=1S/C19H32N2O4/c22-18(23)13-16-6-8-21(19(24)15-3-1-2-4-15)14-17(16)5-7-20-9-11-25-12-10-20/h15-17H,1-14H2,(H,22,23). The van der Waals surface area contributed by atoms with Gasteiger partial charge < -0.3 is 14.7 Å². The highest BCUT2D eigenvalue weighted by Crippen LogP contribution is 2.33. The number of amides is 1. The van der Waals surface area contributed by atoms with Gasteiger partial charge in [0.05, 0.1) is 13.2 Å². The van der Waals surface area contributed by atoms with Gasteiger partial charge in [-0.25, -0.2) is 0 Å². The molecule has 2 atom stereocenters. The fourth-order valence-electron chi connectivity index (χ4n) is 4.71. The molecule has 2 aliphatic heterocycles. The lowest BCUT2D eigenvalue weighted by Crippen LogP contribution is -2.47. The van der Waals surface area contributed by atoms with Crippen LogP contribution in [0.15, 0.2) is 0 Å². The van der Waals surface area contributed by atoms with E-state index in [-0.39, 0.29) is 18.3 Å². The molecule has 0 aromatic rings. The SMILES string of the molecule is O=C(O)CC1CCN(C(=O)C2CCCC2)CC1CCN1CCOCC1. The monoisotopic (exact) mass is 352 g/mol. The summed E-state index contributed by atoms with van der Waals surface area (Å²) in [5.41, 5.74) is 0. The number of ether oxygens (including phenoxy) is 1. The van der Waals surface area contributed by atoms with E-state index in [4.69, 9.17) is 4.74 Å². The van der Waals surface area contributed by atoms with Crippen molar-refractivity contribution in [3.63, 3.8) is 0 Å². The smallest absolute Gasteiger partial charge is 0.303 e. The molecule has 1 amide bonds. The van der Waals surface area contributed by atoms with Crippen LogP contribution in [-0.2, 0) is 14.3 Å². The van der Waals surface area contributed by atoms with E-state index in [1.807, 2.05) is 4.90 Å². The highest BCUT2D eigenvalue weighted by atomic mass is 16.5. The van der Waals surface area contributed by atoms with Gasteiger partial charge in [0.1, 0.15) is 0 Å². The summed E-state index contributed by atoms with van der Waals surface area (Å²) in [6.07, 6.45) is 6.46. The fourth-order valence-corrected chi connectivity index (χ4v) is 4.71. The number of nitrogens with zero attached hydrogens (tertiary/aromatic N) is 2. The van der Waals surface area contributed by atoms with Crippen LogP contribution >= 0.6 is 0 Å². The molecule has 2 unspecified atom stereocenters. The minimum atomic E-state index is -0.711. The van der Waals surface area contributed by atoms with Crippen molar-refractivity contribution in [3.8, 4) is 0 Å². The summed E-state index contributed by atoms with van der Waals surface area (Å²) >= 11 is 0. The van der Waals surface area contributed by atoms with E-state index in [9.17, 15) is 14.7 Å². The maximum absolute atomic E-state index is 12.8. The minimum Gasteiger partial charge on any atom is -0.481 e. The number of carboxylic acid groups (broad SMARTS) is 1. The van der Waals surface area contributed by atoms with Crippen LogP contribution in [0.3, 0.4) is 0 Å². The summed E-state index contributed by atoms with van der Waals surface area (Å²) in [5, 5.41) is 9.24. The van der Waals surface area contributed by atoms with Gasteiger partial charge in [-0.3, -0.25) is 14.5 Å². The highest BCUT2D eigenvalue weighted by molar-refractivity contribution is 5.79. The molecule has 0 spiro atoms. The molecule has 1 N–H and O–H groups in total. The largest absolute Gasteiger partial charge is 0.481 e. The predicted molar refractivity (Wildman–Crippen MR) is 94.3 cm³/mol. The number of piperidine rings is 1. The molecule has 3 rings (SSSR count). The average molecular weight is 352 g/mol. The molecule has 3 fully saturated rings. The number of carboxylic acids is 1. The second kappa shape index (κ2) is 8.99. The Morgan fingerprint density at radius 2 is 1.72 bits per heavy atom. The fraction of sp³-hybridized carbons (Fsp3) is 0.895. The van der Waals surface area contributed by atoms with Gasteiger partial charge in [-0.2, -0.15) is 0 Å². The summed E-state index contributed by atoms with van der Waals surface area (Å²) in [7, 11) is 0. The van der Waals surface area contributed by atoms with E-state index < -0.39 is 5.97 Å². The Balaban J connectivity index is 1.56. The van der Waals surface area contributed by atoms with E-state index in [0.717, 1.165) is 71.6 Å². The summed E-state index contributed by atoms with van der Waals surface area (Å²) in [6, 6.07) is 0. The lowest BCUT2D eigenvalue weighted by molar-refractivity contribution is -0.141. The Morgan fingerprint density at radius 1 is 1.00 bits per heavy atom. The first-order chi connectivity index (χ1) is 12.1. The number of carbonyl (C=O) groups is 2. The molecular formula is C19H32N2O4. The van der Waals surface area contributed by atoms with Crippen LogP contribution in [0.1, 0.15) is 44.9 Å². The molecule has 6 heteroatoms. The molecule has 3 aliphatic rings. The van der Waals surface area contributed by atoms with Crippen LogP contribution < -0.4 is 0 Å². The molecule has 0 aromatic carbocycles. The van der Waals surface area contributed by atoms with Crippen LogP contribution in [0, 0.1) is 17.8 Å². The molecule has 6 nitrogen and oxygen atoms in total. The second-order valence-corrected chi connectivity index (χ2v) is 7.92. The molecule has 2 saturated heterocycles. The predicted octanol–water partition coefficient (Wildman–Crippen LogP) is 1.84. The lowest BCUT2D eigenvalue weighted by atomic mass is 9.80. The first-order valence-electron chi connectivity index (χ1n) is 9.94. The third kappa shape index (κ3) is 5.17. The van der Waals surface area contributed by atoms with Crippen molar-refractivity contribution < 1.29 is 19.4 Å². The first-order valence-corrected chi connectivity index (χ1v) is 9.94. The third-order valence-electron chi connectivity index (χ3n) is 6.26. The van der Waals surface area contributed by atoms with E-state index >= 15 is 0 Å². The van der Waals surface area contributed by atoms with Crippen LogP contribution in [-0.4, -0.2) is 72.7 Å². The van der Waals surface area contributed by atoms with Gasteiger partial charge in [0.2, 0.25) is 5.91 Å². The van der Waals surface area contributed by atoms with Crippen molar-refractivity contribution in [3.05, 3.63) is 0 Å². The third-order valence-corrected chi connectivity index (χ3v) is 6.26. The van der Waals surface area contributed by atoms with Crippen molar-refractivity contribution in [2.24, 2.45) is 17.8 Å². The molecular weight excluding hydrogens is 320 g/mol. The molecule has 1 saturated carbocycles. The minimum absolute atomic E-state index is 0.200. The van der Waals surface area contributed by atoms with Crippen molar-refractivity contribution in [2.45, 2.75) is 44.9 Å². The lowest BCUT2D eigenvalue weighted by Gasteiger charge is -2.40. The van der Waals surface area contributed by atoms with E-state index in [0.29, 0.717) is 11.8 Å². The summed E-state index contributed by atoms with van der Waals surface area (Å²) in [5.74, 6) is 0.333. The second-order valence-electron chi connectivity index (χ2n) is 7.92. The van der Waals surface area contributed by atoms with Crippen LogP contribution in [0.4, 0.5) is 0 Å². The summed E-state index contributed by atoms with van der Waals surface area (Å²) < 4.78 is 5.40. The number of likely N-dealkylation sites (tertiary alicyclic amines) is 1. The Labute approximate surface area is 150 Å². The number of morpholine rings is 1. The first kappa shape index (κ1) is 18.6. The summed E-state index contributed by atoms with van der Waals surface area (Å²) in [6.45, 7) is 5.96. The number of hydrogen-bond acceptors (Lipinski definition) is 4. The molecule has 1 aliphatic carbocycles. The number of carbonyl (C=O) groups excluding carboxylic acids is 1. The maximum atomic E-state index is 12.8. The molecule has 2 heterocycles. The van der Waals surface area contributed by atoms with Crippen molar-refractivity contribution >= 4 is 11.9 Å². The van der Waals surface area contributed by atoms with E-state index in [2.05, 4.69) is 4.90 Å². The number of rotatable bonds is 6. The van der Waals surface area contributed by atoms with Gasteiger partial charge in [0.25, 0.3) is 0 Å². The molecule has 142 valence electrons. The van der Waals surface area contributed by atoms with Gasteiger partial charge in [-0.1, -0.05) is 12.8 Å². The number of hydrogen-bond donors (Lipinski definition) is 1. The van der Waals surface area contributed by atoms with Crippen molar-refractivity contribution in [1.29, 1.82) is 0 Å². The van der Waals surface area contributed by atoms with Gasteiger partial charge >= 0.3 is 5.97 Å². The zero-order valence-corrected chi connectivity index (χ0v) is 15.2. The van der Waals surface area contributed by atoms with Gasteiger partial charge in [0, 0.05) is 38.5 Å². The Kier molecular flexibility index (Phi) is 6.70.